The highest BCUT2D eigenvalue weighted by Crippen LogP contribution is 2.28. The zero-order chi connectivity index (χ0) is 15.5. The molecule has 120 valence electrons. The highest BCUT2D eigenvalue weighted by molar-refractivity contribution is 6.30. The van der Waals surface area contributed by atoms with Crippen molar-refractivity contribution in [2.45, 2.75) is 65.3 Å². The summed E-state index contributed by atoms with van der Waals surface area (Å²) in [5.41, 5.74) is 1.16. The molecule has 1 aromatic carbocycles. The molecule has 0 saturated carbocycles. The van der Waals surface area contributed by atoms with Gasteiger partial charge < -0.3 is 10.1 Å². The van der Waals surface area contributed by atoms with Gasteiger partial charge in [0.2, 0.25) is 0 Å². The van der Waals surface area contributed by atoms with Crippen LogP contribution >= 0.6 is 11.6 Å². The Kier molecular flexibility index (Phi) is 9.53. The first-order valence-corrected chi connectivity index (χ1v) is 8.72. The van der Waals surface area contributed by atoms with E-state index in [-0.39, 0.29) is 6.04 Å². The van der Waals surface area contributed by atoms with E-state index in [9.17, 15) is 0 Å². The monoisotopic (exact) mass is 311 g/mol. The number of halogens is 1. The summed E-state index contributed by atoms with van der Waals surface area (Å²) in [5.74, 6) is 0.964. The average molecular weight is 312 g/mol. The molecule has 0 aromatic heterocycles. The molecule has 0 bridgehead atoms. The van der Waals surface area contributed by atoms with Gasteiger partial charge in [0.05, 0.1) is 6.61 Å². The van der Waals surface area contributed by atoms with Crippen LogP contribution in [0.15, 0.2) is 18.2 Å². The van der Waals surface area contributed by atoms with Crippen molar-refractivity contribution >= 4 is 11.6 Å². The fraction of sp³-hybridized carbons (Fsp3) is 0.667. The van der Waals surface area contributed by atoms with Crippen molar-refractivity contribution in [2.24, 2.45) is 0 Å². The molecule has 0 heterocycles. The summed E-state index contributed by atoms with van der Waals surface area (Å²) in [5, 5.41) is 4.26. The molecule has 1 N–H and O–H groups in total. The molecule has 0 radical (unpaired) electrons. The van der Waals surface area contributed by atoms with E-state index < -0.39 is 0 Å². The van der Waals surface area contributed by atoms with E-state index in [0.717, 1.165) is 42.3 Å². The third-order valence-corrected chi connectivity index (χ3v) is 3.88. The van der Waals surface area contributed by atoms with E-state index in [0.29, 0.717) is 0 Å². The fourth-order valence-corrected chi connectivity index (χ4v) is 2.53. The summed E-state index contributed by atoms with van der Waals surface area (Å²) in [4.78, 5) is 0. The summed E-state index contributed by atoms with van der Waals surface area (Å²) in [6, 6.07) is 6.18. The van der Waals surface area contributed by atoms with Gasteiger partial charge in [-0.3, -0.25) is 0 Å². The summed E-state index contributed by atoms with van der Waals surface area (Å²) in [6.45, 7) is 8.37. The number of hydrogen-bond donors (Lipinski definition) is 1. The molecular weight excluding hydrogens is 282 g/mol. The van der Waals surface area contributed by atoms with Crippen molar-refractivity contribution in [3.8, 4) is 5.75 Å². The molecule has 0 aliphatic rings. The molecule has 21 heavy (non-hydrogen) atoms. The predicted octanol–water partition coefficient (Wildman–Crippen LogP) is 5.75. The molecular formula is C18H30ClNO. The Hall–Kier alpha value is -0.730. The summed E-state index contributed by atoms with van der Waals surface area (Å²) < 4.78 is 5.97. The fourth-order valence-electron chi connectivity index (χ4n) is 2.35. The van der Waals surface area contributed by atoms with Gasteiger partial charge in [0, 0.05) is 16.6 Å². The molecule has 1 unspecified atom stereocenters. The molecule has 1 rings (SSSR count). The average Bonchev–Trinajstić information content (AvgIpc) is 2.49. The van der Waals surface area contributed by atoms with E-state index >= 15 is 0 Å². The van der Waals surface area contributed by atoms with E-state index in [1.807, 2.05) is 18.2 Å². The summed E-state index contributed by atoms with van der Waals surface area (Å²) in [7, 11) is 0. The number of nitrogens with one attached hydrogen (secondary N) is 1. The molecule has 2 nitrogen and oxygen atoms in total. The van der Waals surface area contributed by atoms with Crippen LogP contribution in [-0.2, 0) is 0 Å². The van der Waals surface area contributed by atoms with Crippen LogP contribution in [-0.4, -0.2) is 13.2 Å². The van der Waals surface area contributed by atoms with Crippen molar-refractivity contribution < 1.29 is 4.74 Å². The Balaban J connectivity index is 2.52. The molecule has 0 fully saturated rings. The summed E-state index contributed by atoms with van der Waals surface area (Å²) in [6.07, 6.45) is 7.41. The SMILES string of the molecule is CCCCCCCOc1ccc(Cl)cc1C(C)NCCC. The van der Waals surface area contributed by atoms with Gasteiger partial charge in [-0.1, -0.05) is 51.1 Å². The number of hydrogen-bond acceptors (Lipinski definition) is 2. The second kappa shape index (κ2) is 10.9. The molecule has 0 spiro atoms. The van der Waals surface area contributed by atoms with Crippen LogP contribution < -0.4 is 10.1 Å². The Morgan fingerprint density at radius 3 is 2.57 bits per heavy atom. The minimum absolute atomic E-state index is 0.263. The predicted molar refractivity (Wildman–Crippen MR) is 92.4 cm³/mol. The van der Waals surface area contributed by atoms with Crippen LogP contribution in [0.2, 0.25) is 5.02 Å². The lowest BCUT2D eigenvalue weighted by atomic mass is 10.1. The zero-order valence-corrected chi connectivity index (χ0v) is 14.5. The third-order valence-electron chi connectivity index (χ3n) is 3.64. The zero-order valence-electron chi connectivity index (χ0n) is 13.8. The van der Waals surface area contributed by atoms with Crippen LogP contribution in [0.1, 0.15) is 70.9 Å². The second-order valence-electron chi connectivity index (χ2n) is 5.62. The number of rotatable bonds is 11. The van der Waals surface area contributed by atoms with Gasteiger partial charge in [-0.25, -0.2) is 0 Å². The van der Waals surface area contributed by atoms with Crippen LogP contribution in [0.3, 0.4) is 0 Å². The molecule has 0 amide bonds. The quantitative estimate of drug-likeness (QED) is 0.525. The minimum atomic E-state index is 0.263. The largest absolute Gasteiger partial charge is 0.493 e. The van der Waals surface area contributed by atoms with Crippen LogP contribution in [0.5, 0.6) is 5.75 Å². The first-order chi connectivity index (χ1) is 10.2. The van der Waals surface area contributed by atoms with Crippen molar-refractivity contribution in [3.05, 3.63) is 28.8 Å². The van der Waals surface area contributed by atoms with Gasteiger partial charge in [-0.2, -0.15) is 0 Å². The Morgan fingerprint density at radius 2 is 1.86 bits per heavy atom. The standard InChI is InChI=1S/C18H30ClNO/c1-4-6-7-8-9-13-21-18-11-10-16(19)14-17(18)15(3)20-12-5-2/h10-11,14-15,20H,4-9,12-13H2,1-3H3. The lowest BCUT2D eigenvalue weighted by Crippen LogP contribution is -2.20. The number of ether oxygens (including phenoxy) is 1. The van der Waals surface area contributed by atoms with Gasteiger partial charge in [-0.15, -0.1) is 0 Å². The Morgan fingerprint density at radius 1 is 1.10 bits per heavy atom. The lowest BCUT2D eigenvalue weighted by molar-refractivity contribution is 0.298. The van der Waals surface area contributed by atoms with Crippen molar-refractivity contribution in [1.29, 1.82) is 0 Å². The van der Waals surface area contributed by atoms with E-state index in [2.05, 4.69) is 26.1 Å². The smallest absolute Gasteiger partial charge is 0.124 e. The molecule has 3 heteroatoms. The third kappa shape index (κ3) is 7.19. The van der Waals surface area contributed by atoms with Crippen molar-refractivity contribution in [1.82, 2.24) is 5.32 Å². The maximum Gasteiger partial charge on any atom is 0.124 e. The Labute approximate surface area is 135 Å². The first-order valence-electron chi connectivity index (χ1n) is 8.34. The minimum Gasteiger partial charge on any atom is -0.493 e. The lowest BCUT2D eigenvalue weighted by Gasteiger charge is -2.18. The van der Waals surface area contributed by atoms with Crippen LogP contribution in [0.4, 0.5) is 0 Å². The summed E-state index contributed by atoms with van der Waals surface area (Å²) >= 11 is 6.13. The molecule has 0 aliphatic carbocycles. The number of unbranched alkanes of at least 4 members (excludes halogenated alkanes) is 4. The van der Waals surface area contributed by atoms with Gasteiger partial charge >= 0.3 is 0 Å². The molecule has 0 aliphatic heterocycles. The Bertz CT molecular complexity index is 395. The van der Waals surface area contributed by atoms with E-state index in [1.165, 1.54) is 25.7 Å². The van der Waals surface area contributed by atoms with Crippen LogP contribution in [0.25, 0.3) is 0 Å². The second-order valence-corrected chi connectivity index (χ2v) is 6.06. The van der Waals surface area contributed by atoms with Gasteiger partial charge in [0.1, 0.15) is 5.75 Å². The van der Waals surface area contributed by atoms with E-state index in [1.54, 1.807) is 0 Å². The molecule has 0 saturated heterocycles. The van der Waals surface area contributed by atoms with Crippen LogP contribution in [0, 0.1) is 0 Å². The van der Waals surface area contributed by atoms with Gasteiger partial charge in [0.25, 0.3) is 0 Å². The van der Waals surface area contributed by atoms with Crippen molar-refractivity contribution in [3.63, 3.8) is 0 Å². The van der Waals surface area contributed by atoms with E-state index in [4.69, 9.17) is 16.3 Å². The highest BCUT2D eigenvalue weighted by atomic mass is 35.5. The molecule has 1 aromatic rings. The van der Waals surface area contributed by atoms with Gasteiger partial charge in [0.15, 0.2) is 0 Å². The maximum atomic E-state index is 6.13. The normalized spacial score (nSPS) is 12.4. The molecule has 1 atom stereocenters. The highest BCUT2D eigenvalue weighted by Gasteiger charge is 2.11. The maximum absolute atomic E-state index is 6.13. The van der Waals surface area contributed by atoms with Crippen molar-refractivity contribution in [2.75, 3.05) is 13.2 Å². The first kappa shape index (κ1) is 18.3. The topological polar surface area (TPSA) is 21.3 Å². The number of benzene rings is 1. The van der Waals surface area contributed by atoms with Gasteiger partial charge in [-0.05, 0) is 44.5 Å².